The third kappa shape index (κ3) is 10.2. The number of carbonyl (C=O) groups is 4. The summed E-state index contributed by atoms with van der Waals surface area (Å²) in [5.41, 5.74) is -3.97. The van der Waals surface area contributed by atoms with Crippen molar-refractivity contribution in [2.24, 2.45) is 17.8 Å². The molecule has 0 spiro atoms. The van der Waals surface area contributed by atoms with Crippen molar-refractivity contribution in [2.75, 3.05) is 6.54 Å². The molecule has 0 radical (unpaired) electrons. The highest BCUT2D eigenvalue weighted by Crippen LogP contribution is 2.53. The van der Waals surface area contributed by atoms with Gasteiger partial charge in [0.2, 0.25) is 40.9 Å². The van der Waals surface area contributed by atoms with E-state index in [4.69, 9.17) is 83.8 Å². The van der Waals surface area contributed by atoms with Gasteiger partial charge in [0.05, 0.1) is 17.4 Å². The van der Waals surface area contributed by atoms with Crippen molar-refractivity contribution in [1.29, 1.82) is 0 Å². The summed E-state index contributed by atoms with van der Waals surface area (Å²) in [6, 6.07) is 4.62. The van der Waals surface area contributed by atoms with Crippen molar-refractivity contribution >= 4 is 114 Å². The summed E-state index contributed by atoms with van der Waals surface area (Å²) < 4.78 is 40.6. The second-order valence-corrected chi connectivity index (χ2v) is 24.4. The number of aromatic nitrogens is 1. The van der Waals surface area contributed by atoms with Gasteiger partial charge in [-0.05, 0) is 108 Å². The number of nitrogens with zero attached hydrogens (tertiary/aromatic N) is 2. The molecule has 6 rings (SSSR count). The minimum atomic E-state index is -4.07. The van der Waals surface area contributed by atoms with Crippen molar-refractivity contribution in [1.82, 2.24) is 25.2 Å². The third-order valence-electron chi connectivity index (χ3n) is 12.2. The number of ether oxygens (including phenoxy) is 3. The summed E-state index contributed by atoms with van der Waals surface area (Å²) in [6.07, 6.45) is 5.66. The number of alkyl halides is 6. The maximum Gasteiger partial charge on any atom is 0.408 e. The highest BCUT2D eigenvalue weighted by molar-refractivity contribution is 7.91. The molecule has 1 saturated heterocycles. The van der Waals surface area contributed by atoms with E-state index in [0.29, 0.717) is 43.2 Å². The standard InChI is InChI=1S/C41H51Cl6N5O9S/c1-22(2)59-27-11-12-29-25(18-27)13-16-48-33(29)60-28-19-30-32(53)50-39(35(55)51-62(57,58)37(5)14-15-37)20-26(39)10-8-7-9-23(3)17-24(4)31(34(54)52(30)21-28)49-36(56)61-38(6,40(42,43)44)41(45,46)47/h8,10-13,16,18,22-24,26,28,30-31H,7,9,14-15,17,19-21H2,1-6H3,(H,49,56)(H,50,53)(H,51,55)/b10-8-/t23-,24-,26-,28-,30+,31+,39-/m1/s1. The molecule has 4 aliphatic rings. The number of carbonyl (C=O) groups excluding carboxylic acids is 4. The van der Waals surface area contributed by atoms with Gasteiger partial charge in [-0.2, -0.15) is 0 Å². The van der Waals surface area contributed by atoms with Crippen LogP contribution in [0.2, 0.25) is 0 Å². The molecule has 2 saturated carbocycles. The maximum absolute atomic E-state index is 15.0. The van der Waals surface area contributed by atoms with Crippen LogP contribution in [-0.2, 0) is 29.1 Å². The predicted octanol–water partition coefficient (Wildman–Crippen LogP) is 7.85. The van der Waals surface area contributed by atoms with E-state index in [1.807, 2.05) is 39.0 Å². The van der Waals surface area contributed by atoms with Gasteiger partial charge in [0.25, 0.3) is 5.91 Å². The number of pyridine rings is 1. The second kappa shape index (κ2) is 18.0. The number of benzene rings is 1. The summed E-state index contributed by atoms with van der Waals surface area (Å²) in [7, 11) is -4.07. The summed E-state index contributed by atoms with van der Waals surface area (Å²) in [5, 5.41) is 6.88. The number of alkyl carbamates (subject to hydrolysis) is 1. The summed E-state index contributed by atoms with van der Waals surface area (Å²) in [5.74, 6) is -2.50. The smallest absolute Gasteiger partial charge is 0.408 e. The average molecular weight is 1000 g/mol. The average Bonchev–Trinajstić information content (AvgIpc) is 4.04. The van der Waals surface area contributed by atoms with Gasteiger partial charge >= 0.3 is 6.09 Å². The zero-order valence-corrected chi connectivity index (χ0v) is 40.3. The van der Waals surface area contributed by atoms with Crippen LogP contribution in [0, 0.1) is 17.8 Å². The molecule has 0 unspecified atom stereocenters. The number of sulfonamides is 1. The Morgan fingerprint density at radius 2 is 1.71 bits per heavy atom. The van der Waals surface area contributed by atoms with Crippen LogP contribution in [0.15, 0.2) is 42.6 Å². The van der Waals surface area contributed by atoms with Gasteiger partial charge in [0, 0.05) is 23.9 Å². The molecule has 0 bridgehead atoms. The van der Waals surface area contributed by atoms with Gasteiger partial charge in [-0.15, -0.1) is 0 Å². The Bertz CT molecular complexity index is 2200. The monoisotopic (exact) mass is 999 g/mol. The largest absolute Gasteiger partial charge is 0.491 e. The Morgan fingerprint density at radius 1 is 1.03 bits per heavy atom. The van der Waals surface area contributed by atoms with E-state index in [2.05, 4.69) is 20.3 Å². The van der Waals surface area contributed by atoms with Gasteiger partial charge in [-0.1, -0.05) is 95.6 Å². The van der Waals surface area contributed by atoms with E-state index in [1.54, 1.807) is 38.2 Å². The fourth-order valence-corrected chi connectivity index (χ4v) is 10.8. The number of hydrogen-bond donors (Lipinski definition) is 3. The Balaban J connectivity index is 1.36. The zero-order chi connectivity index (χ0) is 45.8. The number of hydrogen-bond acceptors (Lipinski definition) is 10. The summed E-state index contributed by atoms with van der Waals surface area (Å²) in [6.45, 7) is 10.1. The van der Waals surface area contributed by atoms with E-state index >= 15 is 4.79 Å². The Hall–Kier alpha value is -2.66. The lowest BCUT2D eigenvalue weighted by molar-refractivity contribution is -0.142. The Morgan fingerprint density at radius 3 is 2.34 bits per heavy atom. The molecular formula is C41H51Cl6N5O9S. The first-order valence-electron chi connectivity index (χ1n) is 20.4. The molecule has 21 heteroatoms. The first-order valence-corrected chi connectivity index (χ1v) is 24.2. The molecule has 62 heavy (non-hydrogen) atoms. The normalized spacial score (nSPS) is 28.7. The molecule has 1 aromatic heterocycles. The third-order valence-corrected chi connectivity index (χ3v) is 16.6. The Kier molecular flexibility index (Phi) is 14.1. The number of halogens is 6. The van der Waals surface area contributed by atoms with Gasteiger partial charge in [-0.3, -0.25) is 19.1 Å². The SMILES string of the molecule is CC(C)Oc1ccc2c(O[C@@H]3C[C@H]4C(=O)N[C@]5(C(=O)NS(=O)(=O)C6(C)CC6)C[C@H]5/C=C\CC[C@@H](C)C[C@@H](C)[C@H](NC(=O)OC(C)(C(Cl)(Cl)Cl)C(Cl)(Cl)Cl)C(=O)N4C3)nccc2c1. The molecule has 3 fully saturated rings. The van der Waals surface area contributed by atoms with Crippen molar-refractivity contribution in [3.05, 3.63) is 42.6 Å². The zero-order valence-electron chi connectivity index (χ0n) is 35.0. The lowest BCUT2D eigenvalue weighted by Gasteiger charge is -2.41. The molecule has 1 aromatic carbocycles. The van der Waals surface area contributed by atoms with Crippen LogP contribution < -0.4 is 24.8 Å². The molecule has 14 nitrogen and oxygen atoms in total. The van der Waals surface area contributed by atoms with Crippen LogP contribution in [0.25, 0.3) is 10.8 Å². The van der Waals surface area contributed by atoms with Gasteiger partial charge < -0.3 is 29.7 Å². The van der Waals surface area contributed by atoms with Gasteiger partial charge in [0.15, 0.2) is 0 Å². The molecule has 2 aromatic rings. The number of rotatable bonds is 9. The van der Waals surface area contributed by atoms with Crippen LogP contribution in [0.5, 0.6) is 11.6 Å². The molecule has 2 aliphatic heterocycles. The number of allylic oxidation sites excluding steroid dienone is 1. The van der Waals surface area contributed by atoms with Crippen molar-refractivity contribution in [3.63, 3.8) is 0 Å². The number of nitrogens with one attached hydrogen (secondary N) is 3. The lowest BCUT2D eigenvalue weighted by Crippen LogP contribution is -2.60. The van der Waals surface area contributed by atoms with E-state index in [-0.39, 0.29) is 37.3 Å². The van der Waals surface area contributed by atoms with Crippen LogP contribution in [0.1, 0.15) is 86.5 Å². The van der Waals surface area contributed by atoms with Crippen LogP contribution in [0.4, 0.5) is 4.79 Å². The topological polar surface area (TPSA) is 182 Å². The first-order chi connectivity index (χ1) is 28.7. The molecule has 3 N–H and O–H groups in total. The minimum Gasteiger partial charge on any atom is -0.491 e. The van der Waals surface area contributed by atoms with Gasteiger partial charge in [-0.25, -0.2) is 18.2 Å². The maximum atomic E-state index is 15.0. The van der Waals surface area contributed by atoms with E-state index < -0.39 is 87.3 Å². The molecule has 3 heterocycles. The number of fused-ring (bicyclic) bond motifs is 3. The summed E-state index contributed by atoms with van der Waals surface area (Å²) >= 11 is 36.9. The predicted molar refractivity (Wildman–Crippen MR) is 239 cm³/mol. The van der Waals surface area contributed by atoms with Crippen molar-refractivity contribution < 1.29 is 41.8 Å². The van der Waals surface area contributed by atoms with Crippen molar-refractivity contribution in [3.8, 4) is 11.6 Å². The number of amides is 4. The van der Waals surface area contributed by atoms with Crippen LogP contribution >= 0.6 is 69.6 Å². The summed E-state index contributed by atoms with van der Waals surface area (Å²) in [4.78, 5) is 63.2. The Labute approximate surface area is 391 Å². The van der Waals surface area contributed by atoms with E-state index in [9.17, 15) is 22.8 Å². The van der Waals surface area contributed by atoms with Crippen molar-refractivity contribution in [2.45, 2.75) is 134 Å². The minimum absolute atomic E-state index is 0.00584. The highest BCUT2D eigenvalue weighted by atomic mass is 35.6. The van der Waals surface area contributed by atoms with E-state index in [1.165, 1.54) is 4.90 Å². The second-order valence-electron chi connectivity index (χ2n) is 17.7. The highest BCUT2D eigenvalue weighted by Gasteiger charge is 2.64. The molecule has 2 aliphatic carbocycles. The molecule has 4 amide bonds. The fourth-order valence-electron chi connectivity index (χ4n) is 7.94. The first kappa shape index (κ1) is 48.8. The van der Waals surface area contributed by atoms with Crippen LogP contribution in [0.3, 0.4) is 0 Å². The molecular weight excluding hydrogens is 951 g/mol. The molecule has 7 atom stereocenters. The fraction of sp³-hybridized carbons (Fsp3) is 0.634. The quantitative estimate of drug-likeness (QED) is 0.165. The van der Waals surface area contributed by atoms with Crippen LogP contribution in [-0.4, -0.2) is 96.4 Å². The van der Waals surface area contributed by atoms with Gasteiger partial charge in [0.1, 0.15) is 29.5 Å². The lowest BCUT2D eigenvalue weighted by atomic mass is 9.88. The van der Waals surface area contributed by atoms with E-state index in [0.717, 1.165) is 12.3 Å². The molecule has 342 valence electrons.